The van der Waals surface area contributed by atoms with Gasteiger partial charge in [-0.1, -0.05) is 0 Å². The van der Waals surface area contributed by atoms with E-state index in [2.05, 4.69) is 0 Å². The normalized spacial score (nSPS) is 10.3. The molecule has 0 aliphatic heterocycles. The molecule has 4 heteroatoms. The molecule has 0 spiro atoms. The number of rotatable bonds is 4. The molecule has 1 aromatic heterocycles. The van der Waals surface area contributed by atoms with Crippen molar-refractivity contribution in [3.05, 3.63) is 29.9 Å². The van der Waals surface area contributed by atoms with E-state index in [9.17, 15) is 4.79 Å². The molecule has 64 valence electrons. The van der Waals surface area contributed by atoms with Crippen LogP contribution in [-0.2, 0) is 4.79 Å². The maximum atomic E-state index is 10.1. The molecule has 0 fully saturated rings. The van der Waals surface area contributed by atoms with Crippen molar-refractivity contribution in [3.8, 4) is 5.06 Å². The summed E-state index contributed by atoms with van der Waals surface area (Å²) < 4.78 is 5.07. The Morgan fingerprint density at radius 2 is 2.58 bits per heavy atom. The van der Waals surface area contributed by atoms with Gasteiger partial charge >= 0.3 is 5.97 Å². The van der Waals surface area contributed by atoms with Crippen molar-refractivity contribution < 1.29 is 14.6 Å². The molecule has 0 aromatic carbocycles. The van der Waals surface area contributed by atoms with Crippen molar-refractivity contribution in [2.24, 2.45) is 0 Å². The predicted molar refractivity (Wildman–Crippen MR) is 46.3 cm³/mol. The van der Waals surface area contributed by atoms with Crippen molar-refractivity contribution in [3.63, 3.8) is 0 Å². The third-order valence-corrected chi connectivity index (χ3v) is 1.83. The predicted octanol–water partition coefficient (Wildman–Crippen LogP) is 2.12. The summed E-state index contributed by atoms with van der Waals surface area (Å²) in [5.74, 6) is -0.860. The minimum atomic E-state index is -0.860. The fraction of sp³-hybridized carbons (Fsp3) is 0.125. The van der Waals surface area contributed by atoms with Crippen molar-refractivity contribution in [2.75, 3.05) is 0 Å². The highest BCUT2D eigenvalue weighted by atomic mass is 32.1. The standard InChI is InChI=1S/C8H8O3S/c9-7(10)3-1-5-11-8-4-2-6-12-8/h1-2,4-6H,3H2,(H,9,10). The molecule has 0 unspecified atom stereocenters. The number of thiophene rings is 1. The van der Waals surface area contributed by atoms with Crippen molar-refractivity contribution in [1.82, 2.24) is 0 Å². The lowest BCUT2D eigenvalue weighted by Gasteiger charge is -1.91. The highest BCUT2D eigenvalue weighted by Gasteiger charge is 1.91. The molecule has 0 saturated heterocycles. The summed E-state index contributed by atoms with van der Waals surface area (Å²) in [6, 6.07) is 3.68. The van der Waals surface area contributed by atoms with Gasteiger partial charge in [0.1, 0.15) is 0 Å². The Morgan fingerprint density at radius 3 is 3.17 bits per heavy atom. The first-order valence-corrected chi connectivity index (χ1v) is 4.24. The summed E-state index contributed by atoms with van der Waals surface area (Å²) in [7, 11) is 0. The second-order valence-corrected chi connectivity index (χ2v) is 2.93. The lowest BCUT2D eigenvalue weighted by molar-refractivity contribution is -0.136. The molecule has 0 amide bonds. The van der Waals surface area contributed by atoms with E-state index in [4.69, 9.17) is 9.84 Å². The van der Waals surface area contributed by atoms with Gasteiger partial charge in [0.15, 0.2) is 5.06 Å². The molecule has 0 radical (unpaired) electrons. The lowest BCUT2D eigenvalue weighted by Crippen LogP contribution is -1.90. The number of hydrogen-bond acceptors (Lipinski definition) is 3. The third-order valence-electron chi connectivity index (χ3n) is 1.07. The minimum Gasteiger partial charge on any atom is -0.481 e. The van der Waals surface area contributed by atoms with Crippen molar-refractivity contribution in [2.45, 2.75) is 6.42 Å². The zero-order chi connectivity index (χ0) is 8.81. The van der Waals surface area contributed by atoms with Crippen LogP contribution < -0.4 is 4.74 Å². The van der Waals surface area contributed by atoms with Gasteiger partial charge in [-0.3, -0.25) is 4.79 Å². The van der Waals surface area contributed by atoms with Crippen LogP contribution in [0.1, 0.15) is 6.42 Å². The van der Waals surface area contributed by atoms with Crippen LogP contribution in [0.5, 0.6) is 5.06 Å². The molecule has 0 saturated carbocycles. The van der Waals surface area contributed by atoms with Gasteiger partial charge in [0.2, 0.25) is 0 Å². The Balaban J connectivity index is 2.26. The zero-order valence-electron chi connectivity index (χ0n) is 6.27. The van der Waals surface area contributed by atoms with Gasteiger partial charge in [-0.15, -0.1) is 11.3 Å². The Kier molecular flexibility index (Phi) is 3.35. The highest BCUT2D eigenvalue weighted by Crippen LogP contribution is 2.18. The van der Waals surface area contributed by atoms with E-state index in [1.165, 1.54) is 23.7 Å². The maximum absolute atomic E-state index is 10.1. The van der Waals surface area contributed by atoms with E-state index in [-0.39, 0.29) is 6.42 Å². The van der Waals surface area contributed by atoms with E-state index >= 15 is 0 Å². The van der Waals surface area contributed by atoms with Crippen LogP contribution in [0.2, 0.25) is 0 Å². The van der Waals surface area contributed by atoms with Gasteiger partial charge < -0.3 is 9.84 Å². The topological polar surface area (TPSA) is 46.5 Å². The van der Waals surface area contributed by atoms with Gasteiger partial charge in [0.25, 0.3) is 0 Å². The summed E-state index contributed by atoms with van der Waals surface area (Å²) in [6.07, 6.45) is 2.84. The number of carboxylic acid groups (broad SMARTS) is 1. The molecule has 0 atom stereocenters. The van der Waals surface area contributed by atoms with Gasteiger partial charge in [-0.2, -0.15) is 0 Å². The number of ether oxygens (including phenoxy) is 1. The van der Waals surface area contributed by atoms with Crippen LogP contribution in [0.3, 0.4) is 0 Å². The lowest BCUT2D eigenvalue weighted by atomic mass is 10.4. The number of hydrogen-bond donors (Lipinski definition) is 1. The number of carbonyl (C=O) groups is 1. The molecule has 0 aliphatic rings. The van der Waals surface area contributed by atoms with Crippen LogP contribution >= 0.6 is 11.3 Å². The Hall–Kier alpha value is -1.29. The smallest absolute Gasteiger partial charge is 0.307 e. The molecule has 1 heterocycles. The quantitative estimate of drug-likeness (QED) is 0.729. The molecule has 3 nitrogen and oxygen atoms in total. The first-order valence-electron chi connectivity index (χ1n) is 3.36. The zero-order valence-corrected chi connectivity index (χ0v) is 7.08. The monoisotopic (exact) mass is 184 g/mol. The van der Waals surface area contributed by atoms with E-state index in [0.717, 1.165) is 5.06 Å². The Labute approximate surface area is 73.9 Å². The number of carboxylic acids is 1. The van der Waals surface area contributed by atoms with Crippen LogP contribution in [0.15, 0.2) is 29.9 Å². The number of aliphatic carboxylic acids is 1. The summed E-state index contributed by atoms with van der Waals surface area (Å²) in [6.45, 7) is 0. The minimum absolute atomic E-state index is 0.00856. The molecule has 0 bridgehead atoms. The first-order chi connectivity index (χ1) is 5.79. The average molecular weight is 184 g/mol. The van der Waals surface area contributed by atoms with Gasteiger partial charge in [0.05, 0.1) is 12.7 Å². The van der Waals surface area contributed by atoms with E-state index < -0.39 is 5.97 Å². The average Bonchev–Trinajstić information content (AvgIpc) is 2.49. The van der Waals surface area contributed by atoms with Crippen molar-refractivity contribution in [1.29, 1.82) is 0 Å². The Bertz CT molecular complexity index is 264. The van der Waals surface area contributed by atoms with Gasteiger partial charge in [-0.25, -0.2) is 0 Å². The summed E-state index contributed by atoms with van der Waals surface area (Å²) >= 11 is 1.46. The maximum Gasteiger partial charge on any atom is 0.307 e. The highest BCUT2D eigenvalue weighted by molar-refractivity contribution is 7.11. The second-order valence-electron chi connectivity index (χ2n) is 2.02. The van der Waals surface area contributed by atoms with E-state index in [1.54, 1.807) is 0 Å². The second kappa shape index (κ2) is 4.56. The van der Waals surface area contributed by atoms with Crippen molar-refractivity contribution >= 4 is 17.3 Å². The summed E-state index contributed by atoms with van der Waals surface area (Å²) in [4.78, 5) is 10.1. The van der Waals surface area contributed by atoms with Crippen LogP contribution in [0, 0.1) is 0 Å². The molecular formula is C8H8O3S. The largest absolute Gasteiger partial charge is 0.481 e. The van der Waals surface area contributed by atoms with Gasteiger partial charge in [0, 0.05) is 0 Å². The molecule has 1 aromatic rings. The van der Waals surface area contributed by atoms with E-state index in [0.29, 0.717) is 0 Å². The summed E-state index contributed by atoms with van der Waals surface area (Å²) in [5.41, 5.74) is 0. The molecule has 1 N–H and O–H groups in total. The van der Waals surface area contributed by atoms with Gasteiger partial charge in [-0.05, 0) is 23.6 Å². The molecule has 1 rings (SSSR count). The van der Waals surface area contributed by atoms with Crippen LogP contribution in [0.4, 0.5) is 0 Å². The SMILES string of the molecule is O=C(O)CC=COc1cccs1. The van der Waals surface area contributed by atoms with E-state index in [1.807, 2.05) is 17.5 Å². The summed E-state index contributed by atoms with van der Waals surface area (Å²) in [5, 5.41) is 10.9. The Morgan fingerprint density at radius 1 is 1.75 bits per heavy atom. The third kappa shape index (κ3) is 3.21. The van der Waals surface area contributed by atoms with Crippen LogP contribution in [-0.4, -0.2) is 11.1 Å². The van der Waals surface area contributed by atoms with Crippen LogP contribution in [0.25, 0.3) is 0 Å². The fourth-order valence-corrected chi connectivity index (χ4v) is 1.15. The molecule has 0 aliphatic carbocycles. The first kappa shape index (κ1) is 8.80. The molecule has 12 heavy (non-hydrogen) atoms. The fourth-order valence-electron chi connectivity index (χ4n) is 0.595. The molecular weight excluding hydrogens is 176 g/mol.